The van der Waals surface area contributed by atoms with Crippen LogP contribution in [0.25, 0.3) is 15.4 Å². The Bertz CT molecular complexity index is 1520. The molecule has 2 aliphatic rings. The molecule has 0 radical (unpaired) electrons. The third-order valence-electron chi connectivity index (χ3n) is 7.89. The van der Waals surface area contributed by atoms with Crippen LogP contribution in [0.3, 0.4) is 0 Å². The van der Waals surface area contributed by atoms with E-state index in [-0.39, 0.29) is 11.9 Å². The first-order chi connectivity index (χ1) is 18.8. The maximum absolute atomic E-state index is 14.1. The van der Waals surface area contributed by atoms with Gasteiger partial charge < -0.3 is 19.7 Å². The number of fused-ring (bicyclic) bond motifs is 2. The topological polar surface area (TPSA) is 98.1 Å². The van der Waals surface area contributed by atoms with E-state index in [0.717, 1.165) is 39.0 Å². The number of likely N-dealkylation sites (tertiary alicyclic amines) is 1. The first kappa shape index (κ1) is 25.8. The maximum atomic E-state index is 14.1. The lowest BCUT2D eigenvalue weighted by atomic mass is 9.94. The van der Waals surface area contributed by atoms with Gasteiger partial charge in [-0.25, -0.2) is 14.8 Å². The summed E-state index contributed by atoms with van der Waals surface area (Å²) in [6, 6.07) is 7.58. The lowest BCUT2D eigenvalue weighted by molar-refractivity contribution is 0.0702. The van der Waals surface area contributed by atoms with Crippen LogP contribution in [0, 0.1) is 31.6 Å². The van der Waals surface area contributed by atoms with Crippen molar-refractivity contribution in [2.24, 2.45) is 17.8 Å². The number of carbonyl (C=O) groups excluding carboxylic acids is 2. The third-order valence-corrected chi connectivity index (χ3v) is 9.66. The lowest BCUT2D eigenvalue weighted by Crippen LogP contribution is -2.46. The molecule has 0 spiro atoms. The molecule has 0 bridgehead atoms. The van der Waals surface area contributed by atoms with Crippen LogP contribution >= 0.6 is 22.7 Å². The molecule has 4 heterocycles. The van der Waals surface area contributed by atoms with E-state index in [1.54, 1.807) is 11.5 Å². The average molecular weight is 566 g/mol. The number of benzene rings is 1. The smallest absolute Gasteiger partial charge is 0.414 e. The van der Waals surface area contributed by atoms with Crippen molar-refractivity contribution in [2.75, 3.05) is 20.2 Å². The van der Waals surface area contributed by atoms with Crippen LogP contribution < -0.4 is 14.8 Å². The minimum atomic E-state index is -0.545. The molecule has 3 aromatic heterocycles. The number of aryl methyl sites for hydroxylation is 2. The predicted molar refractivity (Wildman–Crippen MR) is 151 cm³/mol. The summed E-state index contributed by atoms with van der Waals surface area (Å²) in [5.41, 5.74) is 2.06. The van der Waals surface area contributed by atoms with E-state index in [4.69, 9.17) is 9.47 Å². The fraction of sp³-hybridized carbons (Fsp3) is 0.429. The van der Waals surface area contributed by atoms with Gasteiger partial charge in [-0.15, -0.1) is 22.7 Å². The van der Waals surface area contributed by atoms with E-state index < -0.39 is 6.09 Å². The van der Waals surface area contributed by atoms with Gasteiger partial charge in [0.2, 0.25) is 5.88 Å². The lowest BCUT2D eigenvalue weighted by Gasteiger charge is -2.28. The summed E-state index contributed by atoms with van der Waals surface area (Å²) in [5.74, 6) is 2.44. The number of carbonyl (C=O) groups is 2. The Labute approximate surface area is 234 Å². The van der Waals surface area contributed by atoms with Crippen LogP contribution in [-0.2, 0) is 0 Å². The molecule has 1 aliphatic carbocycles. The molecule has 11 heteroatoms. The molecular weight excluding hydrogens is 534 g/mol. The standard InChI is InChI=1S/C28H31N5O4S2/c1-15-11-19-14-33(25(34)23-24(39-17(3)31-23)18-5-7-20(36-4)8-6-18)22(21(19)12-15)13-29-28(35)37-26-16(2)30-27-32(26)9-10-38-27/h5-10,15,19,21-22H,11-14H2,1-4H3,(H,29,35)/t15?,19-,21-,22+/m0/s1. The highest BCUT2D eigenvalue weighted by Gasteiger charge is 2.48. The number of nitrogens with zero attached hydrogens (tertiary/aromatic N) is 4. The van der Waals surface area contributed by atoms with Gasteiger partial charge >= 0.3 is 6.09 Å². The van der Waals surface area contributed by atoms with Crippen LogP contribution in [0.5, 0.6) is 11.6 Å². The molecular formula is C28H31N5O4S2. The number of rotatable bonds is 6. The molecule has 204 valence electrons. The van der Waals surface area contributed by atoms with Crippen molar-refractivity contribution in [3.63, 3.8) is 0 Å². The largest absolute Gasteiger partial charge is 0.497 e. The molecule has 2 amide bonds. The minimum absolute atomic E-state index is 0.0843. The van der Waals surface area contributed by atoms with Gasteiger partial charge in [0.15, 0.2) is 4.96 Å². The van der Waals surface area contributed by atoms with Crippen molar-refractivity contribution in [2.45, 2.75) is 39.7 Å². The fourth-order valence-corrected chi connectivity index (χ4v) is 7.86. The maximum Gasteiger partial charge on any atom is 0.414 e. The number of ether oxygens (including phenoxy) is 2. The average Bonchev–Trinajstić information content (AvgIpc) is 3.72. The van der Waals surface area contributed by atoms with Crippen LogP contribution in [0.2, 0.25) is 0 Å². The number of nitrogens with one attached hydrogen (secondary N) is 1. The Morgan fingerprint density at radius 2 is 1.95 bits per heavy atom. The molecule has 1 saturated carbocycles. The Balaban J connectivity index is 1.22. The van der Waals surface area contributed by atoms with E-state index in [2.05, 4.69) is 22.2 Å². The quantitative estimate of drug-likeness (QED) is 0.335. The zero-order chi connectivity index (χ0) is 27.3. The normalized spacial score (nSPS) is 22.3. The van der Waals surface area contributed by atoms with E-state index in [9.17, 15) is 9.59 Å². The first-order valence-corrected chi connectivity index (χ1v) is 14.8. The molecule has 6 rings (SSSR count). The Hall–Kier alpha value is -3.44. The molecule has 1 aliphatic heterocycles. The molecule has 1 saturated heterocycles. The first-order valence-electron chi connectivity index (χ1n) is 13.1. The van der Waals surface area contributed by atoms with E-state index >= 15 is 0 Å². The highest BCUT2D eigenvalue weighted by molar-refractivity contribution is 7.15. The van der Waals surface area contributed by atoms with Gasteiger partial charge in [-0.05, 0) is 74.3 Å². The second kappa shape index (κ2) is 10.3. The number of thiazole rings is 2. The second-order valence-electron chi connectivity index (χ2n) is 10.5. The zero-order valence-electron chi connectivity index (χ0n) is 22.3. The minimum Gasteiger partial charge on any atom is -0.497 e. The molecule has 2 fully saturated rings. The molecule has 1 N–H and O–H groups in total. The summed E-state index contributed by atoms with van der Waals surface area (Å²) in [6.07, 6.45) is 3.41. The van der Waals surface area contributed by atoms with Crippen molar-refractivity contribution < 1.29 is 19.1 Å². The summed E-state index contributed by atoms with van der Waals surface area (Å²) in [4.78, 5) is 39.6. The van der Waals surface area contributed by atoms with Gasteiger partial charge in [0.25, 0.3) is 5.91 Å². The summed E-state index contributed by atoms with van der Waals surface area (Å²) < 4.78 is 12.7. The Kier molecular flexibility index (Phi) is 6.80. The van der Waals surface area contributed by atoms with Crippen molar-refractivity contribution in [3.05, 3.63) is 52.2 Å². The van der Waals surface area contributed by atoms with Crippen LogP contribution in [0.1, 0.15) is 41.0 Å². The Morgan fingerprint density at radius 3 is 2.72 bits per heavy atom. The van der Waals surface area contributed by atoms with Crippen molar-refractivity contribution in [1.29, 1.82) is 0 Å². The number of hydrogen-bond donors (Lipinski definition) is 1. The molecule has 4 atom stereocenters. The van der Waals surface area contributed by atoms with Crippen LogP contribution in [0.4, 0.5) is 4.79 Å². The van der Waals surface area contributed by atoms with Crippen LogP contribution in [-0.4, -0.2) is 57.5 Å². The molecule has 1 unspecified atom stereocenters. The van der Waals surface area contributed by atoms with Gasteiger partial charge in [-0.3, -0.25) is 9.20 Å². The van der Waals surface area contributed by atoms with E-state index in [1.165, 1.54) is 22.7 Å². The molecule has 4 aromatic rings. The molecule has 1 aromatic carbocycles. The van der Waals surface area contributed by atoms with Gasteiger partial charge in [0.05, 0.1) is 23.0 Å². The third kappa shape index (κ3) is 4.78. The number of hydrogen-bond acceptors (Lipinski definition) is 8. The number of methoxy groups -OCH3 is 1. The fourth-order valence-electron chi connectivity index (χ4n) is 6.19. The SMILES string of the molecule is COc1ccc(-c2sc(C)nc2C(=O)N2C[C@@H]3CC(C)C[C@@H]3[C@H]2CNC(=O)Oc2c(C)nc3sccn23)cc1. The van der Waals surface area contributed by atoms with Crippen molar-refractivity contribution in [1.82, 2.24) is 24.6 Å². The Morgan fingerprint density at radius 1 is 1.15 bits per heavy atom. The number of amides is 2. The highest BCUT2D eigenvalue weighted by Crippen LogP contribution is 2.46. The molecule has 9 nitrogen and oxygen atoms in total. The number of imidazole rings is 1. The van der Waals surface area contributed by atoms with Crippen molar-refractivity contribution in [3.8, 4) is 22.1 Å². The van der Waals surface area contributed by atoms with Gasteiger partial charge in [-0.1, -0.05) is 6.92 Å². The summed E-state index contributed by atoms with van der Waals surface area (Å²) in [6.45, 7) is 7.01. The zero-order valence-corrected chi connectivity index (χ0v) is 24.0. The summed E-state index contributed by atoms with van der Waals surface area (Å²) in [7, 11) is 1.63. The predicted octanol–water partition coefficient (Wildman–Crippen LogP) is 5.42. The monoisotopic (exact) mass is 565 g/mol. The number of aromatic nitrogens is 3. The highest BCUT2D eigenvalue weighted by atomic mass is 32.1. The summed E-state index contributed by atoms with van der Waals surface area (Å²) >= 11 is 3.00. The summed E-state index contributed by atoms with van der Waals surface area (Å²) in [5, 5.41) is 5.69. The second-order valence-corrected chi connectivity index (χ2v) is 12.6. The van der Waals surface area contributed by atoms with Gasteiger partial charge in [-0.2, -0.15) is 0 Å². The van der Waals surface area contributed by atoms with Gasteiger partial charge in [0, 0.05) is 24.7 Å². The van der Waals surface area contributed by atoms with Crippen LogP contribution in [0.15, 0.2) is 35.8 Å². The van der Waals surface area contributed by atoms with Crippen molar-refractivity contribution >= 4 is 39.6 Å². The van der Waals surface area contributed by atoms with E-state index in [0.29, 0.717) is 48.1 Å². The van der Waals surface area contributed by atoms with E-state index in [1.807, 2.05) is 54.6 Å². The van der Waals surface area contributed by atoms with Gasteiger partial charge in [0.1, 0.15) is 17.1 Å². The molecule has 39 heavy (non-hydrogen) atoms.